The van der Waals surface area contributed by atoms with Crippen LogP contribution in [0.3, 0.4) is 0 Å². The van der Waals surface area contributed by atoms with E-state index in [0.717, 1.165) is 16.5 Å². The number of carboxylic acid groups (broad SMARTS) is 1. The number of carbonyl (C=O) groups is 1. The van der Waals surface area contributed by atoms with Gasteiger partial charge in [-0.15, -0.1) is 0 Å². The highest BCUT2D eigenvalue weighted by atomic mass is 16.4. The van der Waals surface area contributed by atoms with Crippen molar-refractivity contribution in [1.29, 1.82) is 0 Å². The number of para-hydroxylation sites is 1. The first-order chi connectivity index (χ1) is 9.66. The molecular weight excluding hydrogens is 254 g/mol. The van der Waals surface area contributed by atoms with Crippen LogP contribution in [0.15, 0.2) is 48.8 Å². The second-order valence-electron chi connectivity index (χ2n) is 4.34. The zero-order chi connectivity index (χ0) is 14.1. The van der Waals surface area contributed by atoms with Crippen molar-refractivity contribution in [1.82, 2.24) is 9.97 Å². The van der Waals surface area contributed by atoms with Gasteiger partial charge in [0, 0.05) is 28.9 Å². The van der Waals surface area contributed by atoms with Crippen molar-refractivity contribution in [2.75, 3.05) is 5.73 Å². The van der Waals surface area contributed by atoms with E-state index in [1.165, 1.54) is 6.07 Å². The Kier molecular flexibility index (Phi) is 2.80. The number of hydrogen-bond donors (Lipinski definition) is 2. The largest absolute Gasteiger partial charge is 0.478 e. The summed E-state index contributed by atoms with van der Waals surface area (Å²) in [5.41, 5.74) is 7.89. The van der Waals surface area contributed by atoms with Crippen molar-refractivity contribution in [2.24, 2.45) is 0 Å². The highest BCUT2D eigenvalue weighted by Crippen LogP contribution is 2.28. The molecule has 5 heteroatoms. The molecule has 98 valence electrons. The van der Waals surface area contributed by atoms with Gasteiger partial charge in [-0.3, -0.25) is 4.98 Å². The zero-order valence-electron chi connectivity index (χ0n) is 10.4. The molecule has 0 atom stereocenters. The molecule has 0 unspecified atom stereocenters. The summed E-state index contributed by atoms with van der Waals surface area (Å²) in [5, 5.41) is 10.1. The van der Waals surface area contributed by atoms with Crippen molar-refractivity contribution < 1.29 is 9.90 Å². The minimum atomic E-state index is -1.09. The maximum atomic E-state index is 11.1. The van der Waals surface area contributed by atoms with Crippen molar-refractivity contribution in [3.05, 3.63) is 54.4 Å². The fraction of sp³-hybridized carbons (Fsp3) is 0. The number of nitrogen functional groups attached to an aromatic ring is 1. The minimum absolute atomic E-state index is 0.00423. The topological polar surface area (TPSA) is 89.1 Å². The van der Waals surface area contributed by atoms with Crippen LogP contribution >= 0.6 is 0 Å². The summed E-state index contributed by atoms with van der Waals surface area (Å²) in [4.78, 5) is 19.4. The Morgan fingerprint density at radius 3 is 2.75 bits per heavy atom. The van der Waals surface area contributed by atoms with Crippen LogP contribution in [-0.4, -0.2) is 21.0 Å². The number of aromatic nitrogens is 2. The van der Waals surface area contributed by atoms with Crippen LogP contribution in [0.2, 0.25) is 0 Å². The average molecular weight is 265 g/mol. The lowest BCUT2D eigenvalue weighted by molar-refractivity contribution is 0.0697. The Hall–Kier alpha value is -2.95. The van der Waals surface area contributed by atoms with E-state index in [4.69, 9.17) is 10.8 Å². The van der Waals surface area contributed by atoms with Gasteiger partial charge in [-0.25, -0.2) is 9.78 Å². The molecule has 0 spiro atoms. The third-order valence-electron chi connectivity index (χ3n) is 3.09. The van der Waals surface area contributed by atoms with E-state index in [0.29, 0.717) is 5.56 Å². The van der Waals surface area contributed by atoms with Gasteiger partial charge in [0.05, 0.1) is 5.52 Å². The maximum Gasteiger partial charge on any atom is 0.339 e. The molecule has 0 aliphatic heterocycles. The average Bonchev–Trinajstić information content (AvgIpc) is 2.47. The molecule has 0 fully saturated rings. The third-order valence-corrected chi connectivity index (χ3v) is 3.09. The van der Waals surface area contributed by atoms with Gasteiger partial charge in [0.15, 0.2) is 0 Å². The van der Waals surface area contributed by atoms with Gasteiger partial charge < -0.3 is 10.8 Å². The standard InChI is InChI=1S/C15H11N3O2/c16-14-12(15(19)20)7-10(8-18-14)11-5-1-3-9-4-2-6-17-13(9)11/h1-8H,(H2,16,18)(H,19,20). The number of nitrogens with zero attached hydrogens (tertiary/aromatic N) is 2. The fourth-order valence-electron chi connectivity index (χ4n) is 2.13. The molecule has 3 rings (SSSR count). The molecule has 0 radical (unpaired) electrons. The zero-order valence-corrected chi connectivity index (χ0v) is 10.4. The molecule has 0 aliphatic carbocycles. The van der Waals surface area contributed by atoms with Gasteiger partial charge in [0.1, 0.15) is 11.4 Å². The number of nitrogens with two attached hydrogens (primary N) is 1. The highest BCUT2D eigenvalue weighted by molar-refractivity contribution is 5.97. The molecule has 0 saturated heterocycles. The Morgan fingerprint density at radius 2 is 1.95 bits per heavy atom. The van der Waals surface area contributed by atoms with E-state index < -0.39 is 5.97 Å². The summed E-state index contributed by atoms with van der Waals surface area (Å²) in [6, 6.07) is 11.1. The van der Waals surface area contributed by atoms with Crippen LogP contribution in [0.25, 0.3) is 22.0 Å². The van der Waals surface area contributed by atoms with Gasteiger partial charge in [0.2, 0.25) is 0 Å². The maximum absolute atomic E-state index is 11.1. The Balaban J connectivity index is 2.26. The smallest absolute Gasteiger partial charge is 0.339 e. The molecule has 2 heterocycles. The number of fused-ring (bicyclic) bond motifs is 1. The summed E-state index contributed by atoms with van der Waals surface area (Å²) < 4.78 is 0. The third kappa shape index (κ3) is 1.95. The predicted molar refractivity (Wildman–Crippen MR) is 76.3 cm³/mol. The normalized spacial score (nSPS) is 10.6. The molecular formula is C15H11N3O2. The number of hydrogen-bond acceptors (Lipinski definition) is 4. The summed E-state index contributed by atoms with van der Waals surface area (Å²) in [6.07, 6.45) is 3.26. The van der Waals surface area contributed by atoms with E-state index in [2.05, 4.69) is 9.97 Å². The molecule has 0 saturated carbocycles. The lowest BCUT2D eigenvalue weighted by atomic mass is 10.0. The lowest BCUT2D eigenvalue weighted by Crippen LogP contribution is -2.04. The SMILES string of the molecule is Nc1ncc(-c2cccc3cccnc23)cc1C(=O)O. The van der Waals surface area contributed by atoms with Gasteiger partial charge in [-0.05, 0) is 12.1 Å². The van der Waals surface area contributed by atoms with E-state index >= 15 is 0 Å². The van der Waals surface area contributed by atoms with Crippen molar-refractivity contribution in [3.63, 3.8) is 0 Å². The van der Waals surface area contributed by atoms with Gasteiger partial charge in [-0.2, -0.15) is 0 Å². The van der Waals surface area contributed by atoms with Crippen molar-refractivity contribution in [3.8, 4) is 11.1 Å². The fourth-order valence-corrected chi connectivity index (χ4v) is 2.13. The quantitative estimate of drug-likeness (QED) is 0.743. The second-order valence-corrected chi connectivity index (χ2v) is 4.34. The molecule has 0 aliphatic rings. The molecule has 0 amide bonds. The summed E-state index contributed by atoms with van der Waals surface area (Å²) >= 11 is 0. The lowest BCUT2D eigenvalue weighted by Gasteiger charge is -2.07. The van der Waals surface area contributed by atoms with Crippen molar-refractivity contribution in [2.45, 2.75) is 0 Å². The van der Waals surface area contributed by atoms with Crippen LogP contribution in [-0.2, 0) is 0 Å². The Morgan fingerprint density at radius 1 is 1.15 bits per heavy atom. The first-order valence-corrected chi connectivity index (χ1v) is 6.00. The molecule has 20 heavy (non-hydrogen) atoms. The molecule has 5 nitrogen and oxygen atoms in total. The van der Waals surface area contributed by atoms with E-state index in [-0.39, 0.29) is 11.4 Å². The molecule has 2 aromatic heterocycles. The van der Waals surface area contributed by atoms with Gasteiger partial charge in [-0.1, -0.05) is 24.3 Å². The van der Waals surface area contributed by atoms with Crippen molar-refractivity contribution >= 4 is 22.7 Å². The summed E-state index contributed by atoms with van der Waals surface area (Å²) in [5.74, 6) is -1.08. The first kappa shape index (κ1) is 12.1. The van der Waals surface area contributed by atoms with Crippen LogP contribution in [0.5, 0.6) is 0 Å². The number of carboxylic acids is 1. The van der Waals surface area contributed by atoms with Gasteiger partial charge in [0.25, 0.3) is 0 Å². The van der Waals surface area contributed by atoms with E-state index in [1.54, 1.807) is 12.4 Å². The Labute approximate surface area is 114 Å². The number of rotatable bonds is 2. The van der Waals surface area contributed by atoms with E-state index in [9.17, 15) is 4.79 Å². The first-order valence-electron chi connectivity index (χ1n) is 6.00. The molecule has 3 N–H and O–H groups in total. The second kappa shape index (κ2) is 4.62. The summed E-state index contributed by atoms with van der Waals surface area (Å²) in [6.45, 7) is 0. The number of benzene rings is 1. The van der Waals surface area contributed by atoms with Crippen LogP contribution in [0, 0.1) is 0 Å². The van der Waals surface area contributed by atoms with Crippen LogP contribution < -0.4 is 5.73 Å². The number of anilines is 1. The molecule has 3 aromatic rings. The van der Waals surface area contributed by atoms with Gasteiger partial charge >= 0.3 is 5.97 Å². The number of aromatic carboxylic acids is 1. The Bertz CT molecular complexity index is 810. The minimum Gasteiger partial charge on any atom is -0.478 e. The monoisotopic (exact) mass is 265 g/mol. The molecule has 0 bridgehead atoms. The highest BCUT2D eigenvalue weighted by Gasteiger charge is 2.12. The molecule has 1 aromatic carbocycles. The van der Waals surface area contributed by atoms with Crippen LogP contribution in [0.1, 0.15) is 10.4 Å². The summed E-state index contributed by atoms with van der Waals surface area (Å²) in [7, 11) is 0. The van der Waals surface area contributed by atoms with E-state index in [1.807, 2.05) is 30.3 Å². The number of pyridine rings is 2. The van der Waals surface area contributed by atoms with Crippen LogP contribution in [0.4, 0.5) is 5.82 Å². The predicted octanol–water partition coefficient (Wildman–Crippen LogP) is 2.58.